The van der Waals surface area contributed by atoms with Crippen molar-refractivity contribution in [1.82, 2.24) is 0 Å². The van der Waals surface area contributed by atoms with E-state index in [4.69, 9.17) is 15.2 Å². The van der Waals surface area contributed by atoms with Gasteiger partial charge in [-0.25, -0.2) is 0 Å². The van der Waals surface area contributed by atoms with Crippen molar-refractivity contribution in [3.05, 3.63) is 12.1 Å². The Kier molecular flexibility index (Phi) is 3.76. The summed E-state index contributed by atoms with van der Waals surface area (Å²) in [5, 5.41) is 3.07. The molecular formula is C12H16N2O4. The van der Waals surface area contributed by atoms with Crippen LogP contribution in [-0.2, 0) is 9.53 Å². The van der Waals surface area contributed by atoms with E-state index in [1.165, 1.54) is 7.11 Å². The number of benzene rings is 1. The Bertz CT molecular complexity index is 448. The first-order valence-corrected chi connectivity index (χ1v) is 5.70. The van der Waals surface area contributed by atoms with Crippen LogP contribution in [0, 0.1) is 0 Å². The fourth-order valence-electron chi connectivity index (χ4n) is 1.66. The average Bonchev–Trinajstić information content (AvgIpc) is 2.39. The molecule has 1 aromatic rings. The molecule has 1 aromatic carbocycles. The van der Waals surface area contributed by atoms with Gasteiger partial charge in [0.25, 0.3) is 0 Å². The standard InChI is InChI=1S/C12H16N2O4/c1-16-12(15)2-3-14-9-7-11-10(6-8(9)13)17-4-5-18-11/h6-7,14H,2-5,13H2,1H3. The highest BCUT2D eigenvalue weighted by atomic mass is 16.6. The van der Waals surface area contributed by atoms with Gasteiger partial charge in [0.05, 0.1) is 24.9 Å². The number of methoxy groups -OCH3 is 1. The second-order valence-corrected chi connectivity index (χ2v) is 3.84. The summed E-state index contributed by atoms with van der Waals surface area (Å²) < 4.78 is 15.4. The summed E-state index contributed by atoms with van der Waals surface area (Å²) in [7, 11) is 1.36. The van der Waals surface area contributed by atoms with Crippen LogP contribution in [0.5, 0.6) is 11.5 Å². The van der Waals surface area contributed by atoms with Gasteiger partial charge in [0.15, 0.2) is 11.5 Å². The summed E-state index contributed by atoms with van der Waals surface area (Å²) in [4.78, 5) is 11.0. The molecule has 0 amide bonds. The number of hydrogen-bond acceptors (Lipinski definition) is 6. The zero-order valence-corrected chi connectivity index (χ0v) is 10.2. The number of carbonyl (C=O) groups excluding carboxylic acids is 1. The first-order valence-electron chi connectivity index (χ1n) is 5.70. The first-order chi connectivity index (χ1) is 8.70. The Labute approximate surface area is 105 Å². The van der Waals surface area contributed by atoms with Crippen molar-refractivity contribution >= 4 is 17.3 Å². The minimum atomic E-state index is -0.265. The van der Waals surface area contributed by atoms with E-state index in [2.05, 4.69) is 10.1 Å². The fourth-order valence-corrected chi connectivity index (χ4v) is 1.66. The van der Waals surface area contributed by atoms with Crippen molar-refractivity contribution in [3.8, 4) is 11.5 Å². The maximum Gasteiger partial charge on any atom is 0.307 e. The van der Waals surface area contributed by atoms with Crippen LogP contribution in [0.25, 0.3) is 0 Å². The summed E-state index contributed by atoms with van der Waals surface area (Å²) in [5.41, 5.74) is 7.16. The van der Waals surface area contributed by atoms with Crippen molar-refractivity contribution in [2.75, 3.05) is 37.9 Å². The van der Waals surface area contributed by atoms with Gasteiger partial charge >= 0.3 is 5.97 Å². The molecule has 6 nitrogen and oxygen atoms in total. The van der Waals surface area contributed by atoms with Gasteiger partial charge in [-0.3, -0.25) is 4.79 Å². The molecule has 1 aliphatic heterocycles. The Morgan fingerprint density at radius 2 is 2.06 bits per heavy atom. The largest absolute Gasteiger partial charge is 0.486 e. The maximum atomic E-state index is 11.0. The van der Waals surface area contributed by atoms with E-state index in [9.17, 15) is 4.79 Å². The quantitative estimate of drug-likeness (QED) is 0.615. The second-order valence-electron chi connectivity index (χ2n) is 3.84. The molecule has 0 saturated heterocycles. The number of nitrogen functional groups attached to an aromatic ring is 1. The molecule has 0 bridgehead atoms. The van der Waals surface area contributed by atoms with E-state index in [0.717, 1.165) is 5.69 Å². The number of carbonyl (C=O) groups is 1. The Morgan fingerprint density at radius 3 is 2.72 bits per heavy atom. The van der Waals surface area contributed by atoms with E-state index in [-0.39, 0.29) is 12.4 Å². The summed E-state index contributed by atoms with van der Waals surface area (Å²) in [6.07, 6.45) is 0.282. The fraction of sp³-hybridized carbons (Fsp3) is 0.417. The van der Waals surface area contributed by atoms with Crippen LogP contribution in [0.15, 0.2) is 12.1 Å². The Morgan fingerprint density at radius 1 is 1.39 bits per heavy atom. The monoisotopic (exact) mass is 252 g/mol. The third-order valence-corrected chi connectivity index (χ3v) is 2.59. The van der Waals surface area contributed by atoms with Crippen molar-refractivity contribution in [2.45, 2.75) is 6.42 Å². The number of nitrogens with one attached hydrogen (secondary N) is 1. The predicted molar refractivity (Wildman–Crippen MR) is 67.0 cm³/mol. The minimum absolute atomic E-state index is 0.265. The van der Waals surface area contributed by atoms with Crippen LogP contribution in [0.1, 0.15) is 6.42 Å². The molecule has 0 spiro atoms. The number of fused-ring (bicyclic) bond motifs is 1. The molecule has 0 aromatic heterocycles. The molecule has 2 rings (SSSR count). The lowest BCUT2D eigenvalue weighted by atomic mass is 10.2. The van der Waals surface area contributed by atoms with Gasteiger partial charge in [0.1, 0.15) is 13.2 Å². The third kappa shape index (κ3) is 2.77. The number of ether oxygens (including phenoxy) is 3. The van der Waals surface area contributed by atoms with Crippen molar-refractivity contribution < 1.29 is 19.0 Å². The van der Waals surface area contributed by atoms with E-state index in [1.807, 2.05) is 0 Å². The van der Waals surface area contributed by atoms with Crippen LogP contribution >= 0.6 is 0 Å². The zero-order chi connectivity index (χ0) is 13.0. The molecule has 1 heterocycles. The maximum absolute atomic E-state index is 11.0. The summed E-state index contributed by atoms with van der Waals surface area (Å²) >= 11 is 0. The number of esters is 1. The van der Waals surface area contributed by atoms with Gasteiger partial charge in [-0.2, -0.15) is 0 Å². The predicted octanol–water partition coefficient (Wildman–Crippen LogP) is 1.01. The van der Waals surface area contributed by atoms with Gasteiger partial charge < -0.3 is 25.3 Å². The van der Waals surface area contributed by atoms with Crippen LogP contribution in [0.3, 0.4) is 0 Å². The molecular weight excluding hydrogens is 236 g/mol. The molecule has 0 atom stereocenters. The van der Waals surface area contributed by atoms with Crippen LogP contribution in [0.2, 0.25) is 0 Å². The van der Waals surface area contributed by atoms with Crippen LogP contribution in [0.4, 0.5) is 11.4 Å². The normalized spacial score (nSPS) is 12.9. The lowest BCUT2D eigenvalue weighted by Crippen LogP contribution is -2.16. The topological polar surface area (TPSA) is 82.8 Å². The number of rotatable bonds is 4. The molecule has 6 heteroatoms. The molecule has 1 aliphatic rings. The smallest absolute Gasteiger partial charge is 0.307 e. The molecule has 0 fully saturated rings. The lowest BCUT2D eigenvalue weighted by molar-refractivity contribution is -0.140. The minimum Gasteiger partial charge on any atom is -0.486 e. The SMILES string of the molecule is COC(=O)CCNc1cc2c(cc1N)OCCO2. The molecule has 18 heavy (non-hydrogen) atoms. The average molecular weight is 252 g/mol. The van der Waals surface area contributed by atoms with Gasteiger partial charge in [-0.1, -0.05) is 0 Å². The van der Waals surface area contributed by atoms with Gasteiger partial charge in [0, 0.05) is 18.7 Å². The third-order valence-electron chi connectivity index (χ3n) is 2.59. The van der Waals surface area contributed by atoms with E-state index in [1.54, 1.807) is 12.1 Å². The highest BCUT2D eigenvalue weighted by Crippen LogP contribution is 2.36. The van der Waals surface area contributed by atoms with Gasteiger partial charge in [0.2, 0.25) is 0 Å². The van der Waals surface area contributed by atoms with Crippen LogP contribution in [-0.4, -0.2) is 32.8 Å². The Hall–Kier alpha value is -2.11. The van der Waals surface area contributed by atoms with Gasteiger partial charge in [-0.15, -0.1) is 0 Å². The van der Waals surface area contributed by atoms with Crippen molar-refractivity contribution in [2.24, 2.45) is 0 Å². The molecule has 0 unspecified atom stereocenters. The van der Waals surface area contributed by atoms with Crippen molar-refractivity contribution in [1.29, 1.82) is 0 Å². The lowest BCUT2D eigenvalue weighted by Gasteiger charge is -2.20. The molecule has 98 valence electrons. The molecule has 0 aliphatic carbocycles. The van der Waals surface area contributed by atoms with E-state index in [0.29, 0.717) is 36.9 Å². The molecule has 0 radical (unpaired) electrons. The van der Waals surface area contributed by atoms with Crippen molar-refractivity contribution in [3.63, 3.8) is 0 Å². The van der Waals surface area contributed by atoms with Crippen LogP contribution < -0.4 is 20.5 Å². The highest BCUT2D eigenvalue weighted by Gasteiger charge is 2.14. The van der Waals surface area contributed by atoms with E-state index < -0.39 is 0 Å². The number of nitrogens with two attached hydrogens (primary N) is 1. The number of anilines is 2. The number of hydrogen-bond donors (Lipinski definition) is 2. The first kappa shape index (κ1) is 12.3. The summed E-state index contributed by atoms with van der Waals surface area (Å²) in [6.45, 7) is 1.51. The molecule has 3 N–H and O–H groups in total. The Balaban J connectivity index is 2.02. The van der Waals surface area contributed by atoms with E-state index >= 15 is 0 Å². The highest BCUT2D eigenvalue weighted by molar-refractivity contribution is 5.73. The summed E-state index contributed by atoms with van der Waals surface area (Å²) in [5.74, 6) is 1.05. The zero-order valence-electron chi connectivity index (χ0n) is 10.2. The molecule has 0 saturated carbocycles. The van der Waals surface area contributed by atoms with Gasteiger partial charge in [-0.05, 0) is 0 Å². The summed E-state index contributed by atoms with van der Waals surface area (Å²) in [6, 6.07) is 3.50. The second kappa shape index (κ2) is 5.48.